The Morgan fingerprint density at radius 3 is 2.68 bits per heavy atom. The highest BCUT2D eigenvalue weighted by atomic mass is 79.9. The first-order chi connectivity index (χ1) is 10.6. The second-order valence-electron chi connectivity index (χ2n) is 4.59. The molecule has 0 saturated heterocycles. The first kappa shape index (κ1) is 16.0. The first-order valence-electron chi connectivity index (χ1n) is 6.56. The van der Waals surface area contributed by atoms with Gasteiger partial charge in [-0.2, -0.15) is 5.10 Å². The van der Waals surface area contributed by atoms with E-state index < -0.39 is 0 Å². The number of H-pyrrole nitrogens is 2. The molecule has 1 amide bonds. The number of hydrazone groups is 1. The van der Waals surface area contributed by atoms with Crippen LogP contribution in [0.1, 0.15) is 16.8 Å². The lowest BCUT2D eigenvalue weighted by Crippen LogP contribution is -2.22. The number of benzene rings is 1. The molecule has 0 aliphatic rings. The van der Waals surface area contributed by atoms with Crippen LogP contribution in [0.5, 0.6) is 0 Å². The number of carbonyl (C=O) groups excluding carboxylic acids is 1. The minimum absolute atomic E-state index is 0.0258. The van der Waals surface area contributed by atoms with Gasteiger partial charge in [-0.15, -0.1) is 0 Å². The van der Waals surface area contributed by atoms with E-state index in [0.29, 0.717) is 11.3 Å². The average Bonchev–Trinajstić information content (AvgIpc) is 2.80. The van der Waals surface area contributed by atoms with E-state index in [1.54, 1.807) is 6.92 Å². The van der Waals surface area contributed by atoms with Crippen LogP contribution in [0.2, 0.25) is 0 Å². The molecule has 0 unspecified atom stereocenters. The van der Waals surface area contributed by atoms with Gasteiger partial charge in [-0.25, -0.2) is 5.43 Å². The van der Waals surface area contributed by atoms with Crippen molar-refractivity contribution < 1.29 is 4.79 Å². The minimum atomic E-state index is -0.357. The highest BCUT2D eigenvalue weighted by Crippen LogP contribution is 2.09. The van der Waals surface area contributed by atoms with E-state index in [2.05, 4.69) is 36.7 Å². The highest BCUT2D eigenvalue weighted by Gasteiger charge is 2.10. The van der Waals surface area contributed by atoms with Gasteiger partial charge in [0, 0.05) is 15.7 Å². The number of amides is 1. The molecule has 2 aromatic rings. The van der Waals surface area contributed by atoms with Gasteiger partial charge >= 0.3 is 0 Å². The quantitative estimate of drug-likeness (QED) is 0.561. The van der Waals surface area contributed by atoms with E-state index in [0.717, 1.165) is 10.0 Å². The van der Waals surface area contributed by atoms with E-state index in [1.807, 2.05) is 36.4 Å². The molecule has 6 nitrogen and oxygen atoms in total. The zero-order chi connectivity index (χ0) is 15.9. The minimum Gasteiger partial charge on any atom is -0.302 e. The van der Waals surface area contributed by atoms with E-state index in [4.69, 9.17) is 0 Å². The number of aromatic nitrogens is 2. The number of hydrogen-bond donors (Lipinski definition) is 3. The summed E-state index contributed by atoms with van der Waals surface area (Å²) >= 11 is 3.35. The fourth-order valence-electron chi connectivity index (χ4n) is 1.80. The second kappa shape index (κ2) is 7.56. The predicted octanol–water partition coefficient (Wildman–Crippen LogP) is 2.09. The number of hydrogen-bond acceptors (Lipinski definition) is 3. The van der Waals surface area contributed by atoms with Gasteiger partial charge in [0.1, 0.15) is 0 Å². The molecule has 0 aliphatic carbocycles. The summed E-state index contributed by atoms with van der Waals surface area (Å²) in [4.78, 5) is 23.2. The van der Waals surface area contributed by atoms with Crippen LogP contribution in [0.4, 0.5) is 0 Å². The Hall–Kier alpha value is -2.41. The molecular weight excluding hydrogens is 348 g/mol. The Bertz CT molecular complexity index is 759. The van der Waals surface area contributed by atoms with Crippen LogP contribution >= 0.6 is 15.9 Å². The standard InChI is InChI=1S/C15H15BrN4O2/c1-10-13(15(22)20-18-10)8-14(21)19-17-9-12(16)7-11-5-3-2-4-6-11/h2-7,9H,8H2,1H3,(H,19,21)(H2,18,20,22)/b12-7-,17-9-. The van der Waals surface area contributed by atoms with E-state index in [-0.39, 0.29) is 17.9 Å². The normalized spacial score (nSPS) is 11.8. The molecule has 0 spiro atoms. The summed E-state index contributed by atoms with van der Waals surface area (Å²) in [5.74, 6) is -0.357. The number of nitrogens with zero attached hydrogens (tertiary/aromatic N) is 1. The molecule has 0 atom stereocenters. The largest absolute Gasteiger partial charge is 0.302 e. The molecule has 114 valence electrons. The Labute approximate surface area is 135 Å². The third-order valence-corrected chi connectivity index (χ3v) is 3.34. The molecule has 0 radical (unpaired) electrons. The van der Waals surface area contributed by atoms with Crippen molar-refractivity contribution in [2.24, 2.45) is 5.10 Å². The maximum Gasteiger partial charge on any atom is 0.267 e. The monoisotopic (exact) mass is 362 g/mol. The Morgan fingerprint density at radius 1 is 1.32 bits per heavy atom. The molecule has 1 aromatic heterocycles. The summed E-state index contributed by atoms with van der Waals surface area (Å²) < 4.78 is 0.717. The summed E-state index contributed by atoms with van der Waals surface area (Å²) in [7, 11) is 0. The van der Waals surface area contributed by atoms with Gasteiger partial charge in [0.25, 0.3) is 5.56 Å². The molecule has 1 heterocycles. The molecule has 0 saturated carbocycles. The molecule has 1 aromatic carbocycles. The van der Waals surface area contributed by atoms with Crippen LogP contribution in [0.3, 0.4) is 0 Å². The van der Waals surface area contributed by atoms with Crippen molar-refractivity contribution in [1.29, 1.82) is 0 Å². The topological polar surface area (TPSA) is 90.1 Å². The Morgan fingerprint density at radius 2 is 2.05 bits per heavy atom. The molecule has 0 bridgehead atoms. The van der Waals surface area contributed by atoms with Crippen molar-refractivity contribution in [2.75, 3.05) is 0 Å². The number of aromatic amines is 2. The summed E-state index contributed by atoms with van der Waals surface area (Å²) in [6, 6.07) is 9.71. The molecule has 3 N–H and O–H groups in total. The number of aryl methyl sites for hydroxylation is 1. The van der Waals surface area contributed by atoms with Gasteiger partial charge in [0.05, 0.1) is 12.6 Å². The fraction of sp³-hybridized carbons (Fsp3) is 0.133. The summed E-state index contributed by atoms with van der Waals surface area (Å²) in [6.45, 7) is 1.73. The Kier molecular flexibility index (Phi) is 5.48. The number of halogens is 1. The number of nitrogens with one attached hydrogen (secondary N) is 3. The maximum atomic E-state index is 11.7. The van der Waals surface area contributed by atoms with Gasteiger partial charge in [-0.3, -0.25) is 14.7 Å². The second-order valence-corrected chi connectivity index (χ2v) is 5.51. The van der Waals surface area contributed by atoms with Gasteiger partial charge in [-0.1, -0.05) is 30.3 Å². The summed E-state index contributed by atoms with van der Waals surface area (Å²) in [6.07, 6.45) is 3.33. The van der Waals surface area contributed by atoms with E-state index >= 15 is 0 Å². The van der Waals surface area contributed by atoms with Gasteiger partial charge < -0.3 is 5.10 Å². The van der Waals surface area contributed by atoms with Crippen molar-refractivity contribution in [3.63, 3.8) is 0 Å². The number of carbonyl (C=O) groups is 1. The van der Waals surface area contributed by atoms with Crippen LogP contribution in [0.25, 0.3) is 6.08 Å². The van der Waals surface area contributed by atoms with Crippen LogP contribution in [0, 0.1) is 6.92 Å². The number of allylic oxidation sites excluding steroid dienone is 1. The van der Waals surface area contributed by atoms with Crippen LogP contribution < -0.4 is 11.0 Å². The average molecular weight is 363 g/mol. The van der Waals surface area contributed by atoms with Crippen molar-refractivity contribution in [3.05, 3.63) is 62.0 Å². The summed E-state index contributed by atoms with van der Waals surface area (Å²) in [5, 5.41) is 8.94. The molecule has 0 fully saturated rings. The number of rotatable bonds is 5. The maximum absolute atomic E-state index is 11.7. The van der Waals surface area contributed by atoms with E-state index in [1.165, 1.54) is 6.21 Å². The Balaban J connectivity index is 1.91. The van der Waals surface area contributed by atoms with Crippen LogP contribution in [0.15, 0.2) is 44.7 Å². The summed E-state index contributed by atoms with van der Waals surface area (Å²) in [5.41, 5.74) is 4.17. The van der Waals surface area contributed by atoms with Gasteiger partial charge in [0.15, 0.2) is 0 Å². The first-order valence-corrected chi connectivity index (χ1v) is 7.36. The lowest BCUT2D eigenvalue weighted by molar-refractivity contribution is -0.120. The van der Waals surface area contributed by atoms with Crippen molar-refractivity contribution >= 4 is 34.1 Å². The predicted molar refractivity (Wildman–Crippen MR) is 89.8 cm³/mol. The molecule has 7 heteroatoms. The zero-order valence-corrected chi connectivity index (χ0v) is 13.5. The lowest BCUT2D eigenvalue weighted by Gasteiger charge is -1.98. The van der Waals surface area contributed by atoms with Crippen molar-refractivity contribution in [2.45, 2.75) is 13.3 Å². The highest BCUT2D eigenvalue weighted by molar-refractivity contribution is 9.12. The third kappa shape index (κ3) is 4.56. The third-order valence-electron chi connectivity index (χ3n) is 2.91. The molecule has 22 heavy (non-hydrogen) atoms. The molecular formula is C15H15BrN4O2. The fourth-order valence-corrected chi connectivity index (χ4v) is 2.16. The van der Waals surface area contributed by atoms with E-state index in [9.17, 15) is 9.59 Å². The van der Waals surface area contributed by atoms with Crippen LogP contribution in [-0.2, 0) is 11.2 Å². The van der Waals surface area contributed by atoms with Crippen molar-refractivity contribution in [1.82, 2.24) is 15.6 Å². The molecule has 2 rings (SSSR count). The van der Waals surface area contributed by atoms with Gasteiger partial charge in [0.2, 0.25) is 5.91 Å². The molecule has 0 aliphatic heterocycles. The van der Waals surface area contributed by atoms with Gasteiger partial charge in [-0.05, 0) is 34.5 Å². The van der Waals surface area contributed by atoms with Crippen molar-refractivity contribution in [3.8, 4) is 0 Å². The zero-order valence-electron chi connectivity index (χ0n) is 11.9. The smallest absolute Gasteiger partial charge is 0.267 e. The lowest BCUT2D eigenvalue weighted by atomic mass is 10.2. The van der Waals surface area contributed by atoms with Crippen LogP contribution in [-0.4, -0.2) is 22.3 Å². The SMILES string of the molecule is Cc1[nH][nH]c(=O)c1CC(=O)N/N=C\C(Br)=C\c1ccccc1.